The molecule has 1 aliphatic heterocycles. The lowest BCUT2D eigenvalue weighted by Crippen LogP contribution is -2.29. The Morgan fingerprint density at radius 3 is 2.84 bits per heavy atom. The van der Waals surface area contributed by atoms with E-state index in [2.05, 4.69) is 21.2 Å². The van der Waals surface area contributed by atoms with Crippen LogP contribution < -0.4 is 4.74 Å². The average Bonchev–Trinajstić information content (AvgIpc) is 3.57. The maximum atomic E-state index is 12.7. The van der Waals surface area contributed by atoms with Crippen molar-refractivity contribution >= 4 is 27.5 Å². The van der Waals surface area contributed by atoms with Crippen LogP contribution >= 0.6 is 11.3 Å². The number of benzene rings is 2. The van der Waals surface area contributed by atoms with Crippen LogP contribution in [-0.4, -0.2) is 46.1 Å². The number of nitrogens with zero attached hydrogens (tertiary/aromatic N) is 4. The summed E-state index contributed by atoms with van der Waals surface area (Å²) < 4.78 is 11.8. The molecular weight excluding hydrogens is 424 g/mol. The van der Waals surface area contributed by atoms with E-state index in [9.17, 15) is 4.79 Å². The van der Waals surface area contributed by atoms with Crippen molar-refractivity contribution < 1.29 is 14.1 Å². The summed E-state index contributed by atoms with van der Waals surface area (Å²) in [6.07, 6.45) is 2.85. The minimum atomic E-state index is 0.193. The third-order valence-corrected chi connectivity index (χ3v) is 6.90. The summed E-state index contributed by atoms with van der Waals surface area (Å²) in [6.45, 7) is 1.53. The van der Waals surface area contributed by atoms with Gasteiger partial charge in [-0.1, -0.05) is 17.3 Å². The Bertz CT molecular complexity index is 1180. The Morgan fingerprint density at radius 2 is 2.03 bits per heavy atom. The van der Waals surface area contributed by atoms with E-state index in [1.54, 1.807) is 18.4 Å². The van der Waals surface area contributed by atoms with Gasteiger partial charge in [0, 0.05) is 37.9 Å². The van der Waals surface area contributed by atoms with E-state index in [0.717, 1.165) is 41.3 Å². The van der Waals surface area contributed by atoms with E-state index in [0.29, 0.717) is 36.9 Å². The molecule has 1 fully saturated rings. The van der Waals surface area contributed by atoms with Crippen LogP contribution in [0.3, 0.4) is 0 Å². The molecular formula is C24H24N4O3S. The summed E-state index contributed by atoms with van der Waals surface area (Å²) in [5.74, 6) is 2.52. The highest BCUT2D eigenvalue weighted by Gasteiger charge is 2.27. The van der Waals surface area contributed by atoms with E-state index >= 15 is 0 Å². The molecule has 4 aromatic rings. The number of aromatic nitrogens is 3. The molecule has 0 aliphatic carbocycles. The second-order valence-electron chi connectivity index (χ2n) is 8.02. The summed E-state index contributed by atoms with van der Waals surface area (Å²) in [4.78, 5) is 23.8. The van der Waals surface area contributed by atoms with Crippen LogP contribution in [0.15, 0.2) is 53.1 Å². The molecule has 2 aromatic heterocycles. The molecule has 1 atom stereocenters. The number of rotatable bonds is 7. The van der Waals surface area contributed by atoms with Gasteiger partial charge in [0.1, 0.15) is 5.75 Å². The van der Waals surface area contributed by atoms with Gasteiger partial charge >= 0.3 is 0 Å². The van der Waals surface area contributed by atoms with Gasteiger partial charge in [0.15, 0.2) is 5.82 Å². The van der Waals surface area contributed by atoms with Crippen LogP contribution in [0.1, 0.15) is 23.7 Å². The SMILES string of the molecule is COc1ccc(-c2nc(CC3CCN(C(=O)CCc4nc5ccccc5s4)C3)no2)cc1. The van der Waals surface area contributed by atoms with E-state index in [1.165, 1.54) is 4.70 Å². The summed E-state index contributed by atoms with van der Waals surface area (Å²) in [6, 6.07) is 15.6. The normalized spacial score (nSPS) is 16.0. The van der Waals surface area contributed by atoms with E-state index < -0.39 is 0 Å². The van der Waals surface area contributed by atoms with Crippen molar-refractivity contribution in [3.05, 3.63) is 59.4 Å². The molecule has 1 amide bonds. The second-order valence-corrected chi connectivity index (χ2v) is 9.13. The number of ether oxygens (including phenoxy) is 1. The van der Waals surface area contributed by atoms with E-state index in [4.69, 9.17) is 9.26 Å². The number of aryl methyl sites for hydroxylation is 1. The lowest BCUT2D eigenvalue weighted by Gasteiger charge is -2.15. The molecule has 0 N–H and O–H groups in total. The van der Waals surface area contributed by atoms with Gasteiger partial charge in [-0.05, 0) is 48.7 Å². The summed E-state index contributed by atoms with van der Waals surface area (Å²) >= 11 is 1.67. The Labute approximate surface area is 190 Å². The van der Waals surface area contributed by atoms with Crippen molar-refractivity contribution in [1.82, 2.24) is 20.0 Å². The number of carbonyl (C=O) groups is 1. The quantitative estimate of drug-likeness (QED) is 0.417. The Morgan fingerprint density at radius 1 is 1.19 bits per heavy atom. The standard InChI is InChI=1S/C24H24N4O3S/c1-30-18-8-6-17(7-9-18)24-26-21(27-31-24)14-16-12-13-28(15-16)23(29)11-10-22-25-19-4-2-3-5-20(19)32-22/h2-9,16H,10-15H2,1H3. The largest absolute Gasteiger partial charge is 0.497 e. The number of carbonyl (C=O) groups excluding carboxylic acids is 1. The third-order valence-electron chi connectivity index (χ3n) is 5.81. The molecule has 0 radical (unpaired) electrons. The Balaban J connectivity index is 1.13. The van der Waals surface area contributed by atoms with Gasteiger partial charge in [0.2, 0.25) is 5.91 Å². The predicted octanol–water partition coefficient (Wildman–Crippen LogP) is 4.38. The molecule has 7 nitrogen and oxygen atoms in total. The number of hydrogen-bond acceptors (Lipinski definition) is 7. The van der Waals surface area contributed by atoms with Crippen molar-refractivity contribution in [3.63, 3.8) is 0 Å². The molecule has 0 spiro atoms. The zero-order valence-electron chi connectivity index (χ0n) is 17.9. The van der Waals surface area contributed by atoms with Crippen LogP contribution in [0, 0.1) is 5.92 Å². The van der Waals surface area contributed by atoms with Crippen molar-refractivity contribution in [2.45, 2.75) is 25.7 Å². The molecule has 5 rings (SSSR count). The van der Waals surface area contributed by atoms with E-state index in [1.807, 2.05) is 47.4 Å². The molecule has 32 heavy (non-hydrogen) atoms. The fourth-order valence-corrected chi connectivity index (χ4v) is 5.04. The lowest BCUT2D eigenvalue weighted by molar-refractivity contribution is -0.130. The molecule has 1 unspecified atom stereocenters. The van der Waals surface area contributed by atoms with Crippen molar-refractivity contribution in [3.8, 4) is 17.2 Å². The third kappa shape index (κ3) is 4.50. The van der Waals surface area contributed by atoms with Crippen molar-refractivity contribution in [1.29, 1.82) is 0 Å². The zero-order valence-corrected chi connectivity index (χ0v) is 18.7. The molecule has 0 bridgehead atoms. The molecule has 0 saturated carbocycles. The number of methoxy groups -OCH3 is 1. The Hall–Kier alpha value is -3.26. The topological polar surface area (TPSA) is 81.4 Å². The van der Waals surface area contributed by atoms with Gasteiger partial charge in [-0.25, -0.2) is 4.98 Å². The van der Waals surface area contributed by atoms with Crippen LogP contribution in [-0.2, 0) is 17.6 Å². The summed E-state index contributed by atoms with van der Waals surface area (Å²) in [5, 5.41) is 5.16. The number of likely N-dealkylation sites (tertiary alicyclic amines) is 1. The predicted molar refractivity (Wildman–Crippen MR) is 123 cm³/mol. The van der Waals surface area contributed by atoms with Crippen LogP contribution in [0.25, 0.3) is 21.7 Å². The minimum Gasteiger partial charge on any atom is -0.497 e. The second kappa shape index (κ2) is 9.08. The van der Waals surface area contributed by atoms with Crippen LogP contribution in [0.2, 0.25) is 0 Å². The van der Waals surface area contributed by atoms with Crippen molar-refractivity contribution in [2.75, 3.05) is 20.2 Å². The molecule has 3 heterocycles. The summed E-state index contributed by atoms with van der Waals surface area (Å²) in [7, 11) is 1.64. The molecule has 8 heteroatoms. The lowest BCUT2D eigenvalue weighted by atomic mass is 10.0. The van der Waals surface area contributed by atoms with Gasteiger partial charge in [-0.2, -0.15) is 4.98 Å². The average molecular weight is 449 g/mol. The van der Waals surface area contributed by atoms with Gasteiger partial charge in [0.25, 0.3) is 5.89 Å². The molecule has 164 valence electrons. The smallest absolute Gasteiger partial charge is 0.257 e. The highest BCUT2D eigenvalue weighted by Crippen LogP contribution is 2.25. The molecule has 1 aliphatic rings. The van der Waals surface area contributed by atoms with E-state index in [-0.39, 0.29) is 5.91 Å². The monoisotopic (exact) mass is 448 g/mol. The number of fused-ring (bicyclic) bond motifs is 1. The number of thiazole rings is 1. The van der Waals surface area contributed by atoms with Crippen molar-refractivity contribution in [2.24, 2.45) is 5.92 Å². The maximum absolute atomic E-state index is 12.7. The highest BCUT2D eigenvalue weighted by molar-refractivity contribution is 7.18. The van der Waals surface area contributed by atoms with Crippen LogP contribution in [0.5, 0.6) is 5.75 Å². The Kier molecular flexibility index (Phi) is 5.85. The molecule has 2 aromatic carbocycles. The first-order valence-electron chi connectivity index (χ1n) is 10.8. The number of hydrogen-bond donors (Lipinski definition) is 0. The van der Waals surface area contributed by atoms with Gasteiger partial charge in [0.05, 0.1) is 22.3 Å². The number of para-hydroxylation sites is 1. The van der Waals surface area contributed by atoms with Crippen LogP contribution in [0.4, 0.5) is 0 Å². The maximum Gasteiger partial charge on any atom is 0.257 e. The van der Waals surface area contributed by atoms with Gasteiger partial charge < -0.3 is 14.2 Å². The highest BCUT2D eigenvalue weighted by atomic mass is 32.1. The summed E-state index contributed by atoms with van der Waals surface area (Å²) in [5.41, 5.74) is 1.87. The fourth-order valence-electron chi connectivity index (χ4n) is 4.07. The number of amides is 1. The molecule has 1 saturated heterocycles. The fraction of sp³-hybridized carbons (Fsp3) is 0.333. The first-order chi connectivity index (χ1) is 15.7. The zero-order chi connectivity index (χ0) is 21.9. The van der Waals surface area contributed by atoms with Gasteiger partial charge in [-0.15, -0.1) is 11.3 Å². The minimum absolute atomic E-state index is 0.193. The first kappa shape index (κ1) is 20.6. The first-order valence-corrected chi connectivity index (χ1v) is 11.6. The van der Waals surface area contributed by atoms with Gasteiger partial charge in [-0.3, -0.25) is 4.79 Å².